The molecular weight excluding hydrogens is 214 g/mol. The quantitative estimate of drug-likeness (QED) is 0.837. The van der Waals surface area contributed by atoms with Crippen molar-refractivity contribution in [3.05, 3.63) is 21.3 Å². The molecule has 0 saturated heterocycles. The van der Waals surface area contributed by atoms with Gasteiger partial charge in [0.15, 0.2) is 0 Å². The first-order valence-corrected chi connectivity index (χ1v) is 6.43. The summed E-state index contributed by atoms with van der Waals surface area (Å²) in [7, 11) is 2.06. The minimum absolute atomic E-state index is 0.712. The lowest BCUT2D eigenvalue weighted by Gasteiger charge is -2.44. The molecule has 0 spiro atoms. The molecule has 14 heavy (non-hydrogen) atoms. The normalized spacial score (nSPS) is 31.5. The summed E-state index contributed by atoms with van der Waals surface area (Å²) in [5.74, 6) is 1.53. The summed E-state index contributed by atoms with van der Waals surface area (Å²) < 4.78 is 0.919. The maximum Gasteiger partial charge on any atom is 0.0931 e. The minimum Gasteiger partial charge on any atom is -0.317 e. The van der Waals surface area contributed by atoms with Gasteiger partial charge in [0.1, 0.15) is 0 Å². The van der Waals surface area contributed by atoms with Crippen LogP contribution in [0.15, 0.2) is 11.4 Å². The zero-order valence-corrected chi connectivity index (χ0v) is 10.2. The van der Waals surface area contributed by atoms with E-state index in [1.54, 1.807) is 11.3 Å². The average Bonchev–Trinajstić information content (AvgIpc) is 2.52. The zero-order chi connectivity index (χ0) is 10.1. The molecule has 3 unspecified atom stereocenters. The summed E-state index contributed by atoms with van der Waals surface area (Å²) in [4.78, 5) is 0. The third-order valence-corrected chi connectivity index (χ3v) is 4.51. The van der Waals surface area contributed by atoms with Crippen LogP contribution in [0, 0.1) is 5.92 Å². The molecule has 0 bridgehead atoms. The van der Waals surface area contributed by atoms with E-state index in [4.69, 9.17) is 11.6 Å². The molecule has 1 fully saturated rings. The fraction of sp³-hybridized carbons (Fsp3) is 0.636. The third kappa shape index (κ3) is 1.71. The smallest absolute Gasteiger partial charge is 0.0931 e. The van der Waals surface area contributed by atoms with Crippen LogP contribution in [-0.2, 0) is 0 Å². The first-order chi connectivity index (χ1) is 6.76. The van der Waals surface area contributed by atoms with Crippen LogP contribution in [0.5, 0.6) is 0 Å². The maximum absolute atomic E-state index is 5.95. The van der Waals surface area contributed by atoms with Gasteiger partial charge in [-0.05, 0) is 42.3 Å². The molecule has 1 saturated carbocycles. The molecule has 1 aromatic heterocycles. The van der Waals surface area contributed by atoms with E-state index >= 15 is 0 Å². The summed E-state index contributed by atoms with van der Waals surface area (Å²) in [6, 6.07) is 2.84. The van der Waals surface area contributed by atoms with Gasteiger partial charge in [-0.25, -0.2) is 0 Å². The first kappa shape index (κ1) is 10.5. The van der Waals surface area contributed by atoms with Gasteiger partial charge in [0.05, 0.1) is 4.34 Å². The van der Waals surface area contributed by atoms with Gasteiger partial charge in [-0.1, -0.05) is 24.9 Å². The zero-order valence-electron chi connectivity index (χ0n) is 8.59. The molecule has 78 valence electrons. The molecule has 0 radical (unpaired) electrons. The molecule has 2 rings (SSSR count). The second-order valence-electron chi connectivity index (χ2n) is 3.99. The van der Waals surface area contributed by atoms with Gasteiger partial charge in [-0.3, -0.25) is 0 Å². The van der Waals surface area contributed by atoms with E-state index in [-0.39, 0.29) is 0 Å². The van der Waals surface area contributed by atoms with Crippen molar-refractivity contribution in [1.82, 2.24) is 5.32 Å². The largest absolute Gasteiger partial charge is 0.317 e. The summed E-state index contributed by atoms with van der Waals surface area (Å²) in [6.45, 7) is 2.27. The molecule has 0 amide bonds. The van der Waals surface area contributed by atoms with Crippen molar-refractivity contribution < 1.29 is 0 Å². The van der Waals surface area contributed by atoms with Crippen molar-refractivity contribution in [2.75, 3.05) is 7.05 Å². The van der Waals surface area contributed by atoms with Gasteiger partial charge in [0.25, 0.3) is 0 Å². The number of rotatable bonds is 3. The highest BCUT2D eigenvalue weighted by atomic mass is 35.5. The van der Waals surface area contributed by atoms with Crippen molar-refractivity contribution in [1.29, 1.82) is 0 Å². The Labute approximate surface area is 94.5 Å². The lowest BCUT2D eigenvalue weighted by molar-refractivity contribution is 0.169. The predicted octanol–water partition coefficient (Wildman–Crippen LogP) is 3.50. The minimum atomic E-state index is 0.712. The second kappa shape index (κ2) is 4.21. The highest BCUT2D eigenvalue weighted by Gasteiger charge is 2.39. The van der Waals surface area contributed by atoms with Gasteiger partial charge >= 0.3 is 0 Å². The highest BCUT2D eigenvalue weighted by Crippen LogP contribution is 2.46. The van der Waals surface area contributed by atoms with Crippen molar-refractivity contribution in [2.45, 2.75) is 31.7 Å². The Morgan fingerprint density at radius 1 is 1.64 bits per heavy atom. The predicted molar refractivity (Wildman–Crippen MR) is 63.3 cm³/mol. The van der Waals surface area contributed by atoms with Gasteiger partial charge in [0.2, 0.25) is 0 Å². The number of hydrogen-bond acceptors (Lipinski definition) is 2. The molecular formula is C11H16ClNS. The molecule has 1 aliphatic carbocycles. The van der Waals surface area contributed by atoms with E-state index in [2.05, 4.69) is 30.7 Å². The Bertz CT molecular complexity index is 310. The SMILES string of the molecule is CCC1C(NC)CC1c1csc(Cl)c1. The van der Waals surface area contributed by atoms with Crippen molar-refractivity contribution >= 4 is 22.9 Å². The second-order valence-corrected chi connectivity index (χ2v) is 5.54. The summed E-state index contributed by atoms with van der Waals surface area (Å²) >= 11 is 7.60. The van der Waals surface area contributed by atoms with Crippen molar-refractivity contribution in [2.24, 2.45) is 5.92 Å². The van der Waals surface area contributed by atoms with E-state index in [0.29, 0.717) is 6.04 Å². The Kier molecular flexibility index (Phi) is 3.15. The standard InChI is InChI=1S/C11H16ClNS/c1-3-8-9(5-10(8)13-2)7-4-11(12)14-6-7/h4,6,8-10,13H,3,5H2,1-2H3. The first-order valence-electron chi connectivity index (χ1n) is 5.17. The summed E-state index contributed by atoms with van der Waals surface area (Å²) in [6.07, 6.45) is 2.52. The maximum atomic E-state index is 5.95. The van der Waals surface area contributed by atoms with E-state index in [1.807, 2.05) is 0 Å². The summed E-state index contributed by atoms with van der Waals surface area (Å²) in [5.41, 5.74) is 1.44. The molecule has 0 aromatic carbocycles. The van der Waals surface area contributed by atoms with E-state index < -0.39 is 0 Å². The molecule has 1 nitrogen and oxygen atoms in total. The van der Waals surface area contributed by atoms with Crippen molar-refractivity contribution in [3.8, 4) is 0 Å². The molecule has 1 heterocycles. The lowest BCUT2D eigenvalue weighted by Crippen LogP contribution is -2.47. The highest BCUT2D eigenvalue weighted by molar-refractivity contribution is 7.14. The fourth-order valence-electron chi connectivity index (χ4n) is 2.51. The van der Waals surface area contributed by atoms with Crippen LogP contribution in [0.1, 0.15) is 31.2 Å². The number of nitrogens with one attached hydrogen (secondary N) is 1. The third-order valence-electron chi connectivity index (χ3n) is 3.40. The van der Waals surface area contributed by atoms with Crippen molar-refractivity contribution in [3.63, 3.8) is 0 Å². The molecule has 1 N–H and O–H groups in total. The van der Waals surface area contributed by atoms with Crippen LogP contribution in [-0.4, -0.2) is 13.1 Å². The number of thiophene rings is 1. The van der Waals surface area contributed by atoms with Gasteiger partial charge in [-0.2, -0.15) is 0 Å². The molecule has 1 aromatic rings. The van der Waals surface area contributed by atoms with Crippen LogP contribution < -0.4 is 5.32 Å². The van der Waals surface area contributed by atoms with Gasteiger partial charge < -0.3 is 5.32 Å². The number of hydrogen-bond donors (Lipinski definition) is 1. The Hall–Kier alpha value is -0.0500. The fourth-order valence-corrected chi connectivity index (χ4v) is 3.47. The van der Waals surface area contributed by atoms with Crippen LogP contribution in [0.2, 0.25) is 4.34 Å². The average molecular weight is 230 g/mol. The molecule has 1 aliphatic rings. The Balaban J connectivity index is 2.07. The Morgan fingerprint density at radius 2 is 2.43 bits per heavy atom. The van der Waals surface area contributed by atoms with Crippen LogP contribution >= 0.6 is 22.9 Å². The van der Waals surface area contributed by atoms with Gasteiger partial charge in [0, 0.05) is 6.04 Å². The van der Waals surface area contributed by atoms with E-state index in [9.17, 15) is 0 Å². The van der Waals surface area contributed by atoms with E-state index in [0.717, 1.165) is 16.2 Å². The lowest BCUT2D eigenvalue weighted by atomic mass is 9.65. The molecule has 3 atom stereocenters. The van der Waals surface area contributed by atoms with Crippen LogP contribution in [0.3, 0.4) is 0 Å². The van der Waals surface area contributed by atoms with Crippen LogP contribution in [0.4, 0.5) is 0 Å². The van der Waals surface area contributed by atoms with E-state index in [1.165, 1.54) is 18.4 Å². The Morgan fingerprint density at radius 3 is 2.93 bits per heavy atom. The van der Waals surface area contributed by atoms with Gasteiger partial charge in [-0.15, -0.1) is 11.3 Å². The summed E-state index contributed by atoms with van der Waals surface area (Å²) in [5, 5.41) is 5.59. The number of halogens is 1. The molecule has 0 aliphatic heterocycles. The van der Waals surface area contributed by atoms with Crippen LogP contribution in [0.25, 0.3) is 0 Å². The monoisotopic (exact) mass is 229 g/mol. The topological polar surface area (TPSA) is 12.0 Å². The molecule has 3 heteroatoms.